The standard InChI is InChI=1S/C22H19F4N5O2S/c1-13-3-2-4-16-17(22(24,25)26)7-18(32)31(20(13)16)19-6-5-15(34-19)11-29-12-28-30(21(29)33)10-14(8-23)9-27/h2-8,12H,9-11,27H2,1H3/b14-8+. The van der Waals surface area contributed by atoms with Crippen molar-refractivity contribution in [2.24, 2.45) is 5.73 Å². The Morgan fingerprint density at radius 3 is 2.65 bits per heavy atom. The number of fused-ring (bicyclic) bond motifs is 1. The number of rotatable bonds is 6. The number of para-hydroxylation sites is 1. The number of benzene rings is 1. The molecule has 0 saturated heterocycles. The van der Waals surface area contributed by atoms with Crippen LogP contribution in [0, 0.1) is 6.92 Å². The highest BCUT2D eigenvalue weighted by molar-refractivity contribution is 7.14. The molecule has 34 heavy (non-hydrogen) atoms. The van der Waals surface area contributed by atoms with E-state index >= 15 is 0 Å². The highest BCUT2D eigenvalue weighted by Crippen LogP contribution is 2.36. The molecule has 0 amide bonds. The molecule has 0 radical (unpaired) electrons. The van der Waals surface area contributed by atoms with E-state index in [0.717, 1.165) is 4.68 Å². The molecule has 0 fully saturated rings. The first kappa shape index (κ1) is 23.6. The molecule has 1 aromatic carbocycles. The molecule has 0 bridgehead atoms. The third-order valence-electron chi connectivity index (χ3n) is 5.31. The van der Waals surface area contributed by atoms with Crippen LogP contribution in [0.5, 0.6) is 0 Å². The number of alkyl halides is 3. The van der Waals surface area contributed by atoms with Gasteiger partial charge >= 0.3 is 11.9 Å². The molecule has 0 aliphatic rings. The maximum Gasteiger partial charge on any atom is 0.417 e. The first-order valence-electron chi connectivity index (χ1n) is 10.1. The minimum Gasteiger partial charge on any atom is -0.327 e. The number of thiophene rings is 1. The van der Waals surface area contributed by atoms with Crippen LogP contribution in [-0.2, 0) is 19.3 Å². The fourth-order valence-electron chi connectivity index (χ4n) is 3.67. The highest BCUT2D eigenvalue weighted by atomic mass is 32.1. The summed E-state index contributed by atoms with van der Waals surface area (Å²) in [6, 6.07) is 8.40. The third kappa shape index (κ3) is 4.33. The van der Waals surface area contributed by atoms with Gasteiger partial charge in [0.05, 0.1) is 30.5 Å². The molecule has 4 aromatic rings. The van der Waals surface area contributed by atoms with E-state index < -0.39 is 23.0 Å². The van der Waals surface area contributed by atoms with Crippen LogP contribution in [0.2, 0.25) is 0 Å². The van der Waals surface area contributed by atoms with Crippen LogP contribution in [0.15, 0.2) is 64.2 Å². The maximum absolute atomic E-state index is 13.6. The van der Waals surface area contributed by atoms with Crippen molar-refractivity contribution in [2.45, 2.75) is 26.2 Å². The van der Waals surface area contributed by atoms with Crippen molar-refractivity contribution < 1.29 is 17.6 Å². The lowest BCUT2D eigenvalue weighted by Gasteiger charge is -2.16. The van der Waals surface area contributed by atoms with Gasteiger partial charge in [0, 0.05) is 22.9 Å². The van der Waals surface area contributed by atoms with Crippen LogP contribution < -0.4 is 17.0 Å². The zero-order valence-electron chi connectivity index (χ0n) is 17.8. The predicted octanol–water partition coefficient (Wildman–Crippen LogP) is 3.60. The van der Waals surface area contributed by atoms with E-state index in [2.05, 4.69) is 5.10 Å². The Labute approximate surface area is 194 Å². The van der Waals surface area contributed by atoms with Crippen LogP contribution >= 0.6 is 11.3 Å². The van der Waals surface area contributed by atoms with E-state index in [9.17, 15) is 27.2 Å². The minimum absolute atomic E-state index is 0.0562. The molecule has 2 N–H and O–H groups in total. The molecule has 3 aromatic heterocycles. The zero-order valence-corrected chi connectivity index (χ0v) is 18.7. The average molecular weight is 493 g/mol. The van der Waals surface area contributed by atoms with Crippen LogP contribution in [0.4, 0.5) is 17.6 Å². The van der Waals surface area contributed by atoms with Crippen LogP contribution in [0.25, 0.3) is 15.9 Å². The van der Waals surface area contributed by atoms with Gasteiger partial charge in [-0.3, -0.25) is 13.9 Å². The molecule has 178 valence electrons. The van der Waals surface area contributed by atoms with Crippen molar-refractivity contribution in [2.75, 3.05) is 6.54 Å². The summed E-state index contributed by atoms with van der Waals surface area (Å²) in [7, 11) is 0. The van der Waals surface area contributed by atoms with Crippen LogP contribution in [-0.4, -0.2) is 25.5 Å². The second kappa shape index (κ2) is 9.03. The molecule has 0 unspecified atom stereocenters. The molecular formula is C22H19F4N5O2S. The maximum atomic E-state index is 13.6. The van der Waals surface area contributed by atoms with Gasteiger partial charge in [0.15, 0.2) is 0 Å². The van der Waals surface area contributed by atoms with Crippen molar-refractivity contribution in [3.8, 4) is 5.00 Å². The summed E-state index contributed by atoms with van der Waals surface area (Å²) < 4.78 is 57.1. The molecule has 4 rings (SSSR count). The minimum atomic E-state index is -4.67. The Kier molecular flexibility index (Phi) is 6.28. The van der Waals surface area contributed by atoms with E-state index in [1.165, 1.54) is 38.9 Å². The lowest BCUT2D eigenvalue weighted by molar-refractivity contribution is -0.136. The molecule has 0 aliphatic heterocycles. The van der Waals surface area contributed by atoms with Gasteiger partial charge in [-0.15, -0.1) is 11.3 Å². The molecule has 0 aliphatic carbocycles. The second-order valence-electron chi connectivity index (χ2n) is 7.61. The fraction of sp³-hybridized carbons (Fsp3) is 0.227. The second-order valence-corrected chi connectivity index (χ2v) is 8.76. The summed E-state index contributed by atoms with van der Waals surface area (Å²) in [6.45, 7) is 1.62. The molecule has 12 heteroatoms. The summed E-state index contributed by atoms with van der Waals surface area (Å²) in [5.41, 5.74) is 4.05. The smallest absolute Gasteiger partial charge is 0.327 e. The number of pyridine rings is 1. The Morgan fingerprint density at radius 2 is 1.97 bits per heavy atom. The zero-order chi connectivity index (χ0) is 24.6. The first-order valence-corrected chi connectivity index (χ1v) is 10.9. The van der Waals surface area contributed by atoms with E-state index in [-0.39, 0.29) is 36.1 Å². The SMILES string of the molecule is Cc1cccc2c(C(F)(F)F)cc(=O)n(-c3ccc(Cn4cnn(C/C(=C/F)CN)c4=O)s3)c12. The number of hydrogen-bond acceptors (Lipinski definition) is 5. The van der Waals surface area contributed by atoms with Gasteiger partial charge in [0.25, 0.3) is 5.56 Å². The Hall–Kier alpha value is -3.51. The van der Waals surface area contributed by atoms with Gasteiger partial charge in [-0.25, -0.2) is 13.9 Å². The molecule has 3 heterocycles. The summed E-state index contributed by atoms with van der Waals surface area (Å²) in [5, 5.41) is 4.30. The Bertz CT molecular complexity index is 1510. The highest BCUT2D eigenvalue weighted by Gasteiger charge is 2.34. The van der Waals surface area contributed by atoms with Crippen molar-refractivity contribution in [3.05, 3.63) is 91.5 Å². The molecule has 7 nitrogen and oxygen atoms in total. The number of nitrogens with zero attached hydrogens (tertiary/aromatic N) is 4. The predicted molar refractivity (Wildman–Crippen MR) is 121 cm³/mol. The lowest BCUT2D eigenvalue weighted by Crippen LogP contribution is -2.26. The number of hydrogen-bond donors (Lipinski definition) is 1. The van der Waals surface area contributed by atoms with E-state index in [4.69, 9.17) is 5.73 Å². The van der Waals surface area contributed by atoms with E-state index in [1.54, 1.807) is 25.1 Å². The van der Waals surface area contributed by atoms with Gasteiger partial charge in [0.2, 0.25) is 0 Å². The largest absolute Gasteiger partial charge is 0.417 e. The van der Waals surface area contributed by atoms with Crippen molar-refractivity contribution in [1.29, 1.82) is 0 Å². The lowest BCUT2D eigenvalue weighted by atomic mass is 10.0. The monoisotopic (exact) mass is 493 g/mol. The summed E-state index contributed by atoms with van der Waals surface area (Å²) in [4.78, 5) is 26.0. The molecule has 0 saturated carbocycles. The Balaban J connectivity index is 1.74. The average Bonchev–Trinajstić information content (AvgIpc) is 3.38. The first-order chi connectivity index (χ1) is 16.1. The van der Waals surface area contributed by atoms with E-state index in [1.807, 2.05) is 0 Å². The van der Waals surface area contributed by atoms with Crippen molar-refractivity contribution >= 4 is 22.2 Å². The van der Waals surface area contributed by atoms with Gasteiger partial charge < -0.3 is 5.73 Å². The number of aryl methyl sites for hydroxylation is 1. The quantitative estimate of drug-likeness (QED) is 0.416. The van der Waals surface area contributed by atoms with Gasteiger partial charge in [-0.1, -0.05) is 18.2 Å². The third-order valence-corrected chi connectivity index (χ3v) is 6.36. The van der Waals surface area contributed by atoms with Gasteiger partial charge in [0.1, 0.15) is 11.3 Å². The topological polar surface area (TPSA) is 87.8 Å². The summed E-state index contributed by atoms with van der Waals surface area (Å²) in [6.07, 6.45) is -3.03. The number of halogens is 4. The fourth-order valence-corrected chi connectivity index (χ4v) is 4.68. The van der Waals surface area contributed by atoms with Crippen molar-refractivity contribution in [1.82, 2.24) is 18.9 Å². The summed E-state index contributed by atoms with van der Waals surface area (Å²) >= 11 is 1.17. The molecular weight excluding hydrogens is 474 g/mol. The van der Waals surface area contributed by atoms with Gasteiger partial charge in [-0.05, 0) is 30.2 Å². The van der Waals surface area contributed by atoms with E-state index in [0.29, 0.717) is 27.8 Å². The van der Waals surface area contributed by atoms with Crippen LogP contribution in [0.1, 0.15) is 16.0 Å². The summed E-state index contributed by atoms with van der Waals surface area (Å²) in [5.74, 6) is 0. The molecule has 0 atom stereocenters. The molecule has 0 spiro atoms. The number of aromatic nitrogens is 4. The van der Waals surface area contributed by atoms with Gasteiger partial charge in [-0.2, -0.15) is 18.3 Å². The van der Waals surface area contributed by atoms with Crippen LogP contribution in [0.3, 0.4) is 0 Å². The Morgan fingerprint density at radius 1 is 1.21 bits per heavy atom. The number of nitrogens with two attached hydrogens (primary N) is 1. The normalized spacial score (nSPS) is 12.6. The van der Waals surface area contributed by atoms with Crippen molar-refractivity contribution in [3.63, 3.8) is 0 Å².